The number of amides is 1. The van der Waals surface area contributed by atoms with E-state index in [1.807, 2.05) is 0 Å². The number of hydrogen-bond donors (Lipinski definition) is 2. The van der Waals surface area contributed by atoms with E-state index in [2.05, 4.69) is 10.6 Å². The van der Waals surface area contributed by atoms with Gasteiger partial charge in [-0.05, 0) is 25.9 Å². The average molecular weight is 230 g/mol. The number of carbonyl (C=O) groups excluding carboxylic acids is 1. The van der Waals surface area contributed by atoms with Crippen molar-refractivity contribution in [2.45, 2.75) is 25.4 Å². The average Bonchev–Trinajstić information content (AvgIpc) is 2.33. The first-order chi connectivity index (χ1) is 7.83. The van der Waals surface area contributed by atoms with E-state index in [4.69, 9.17) is 9.47 Å². The number of piperidine rings is 1. The molecule has 1 aliphatic rings. The predicted molar refractivity (Wildman–Crippen MR) is 61.3 cm³/mol. The Morgan fingerprint density at radius 3 is 2.81 bits per heavy atom. The van der Waals surface area contributed by atoms with Gasteiger partial charge in [-0.2, -0.15) is 0 Å². The lowest BCUT2D eigenvalue weighted by atomic mass is 10.1. The third kappa shape index (κ3) is 6.05. The van der Waals surface area contributed by atoms with E-state index in [-0.39, 0.29) is 5.91 Å². The van der Waals surface area contributed by atoms with Crippen LogP contribution in [0.3, 0.4) is 0 Å². The predicted octanol–water partition coefficient (Wildman–Crippen LogP) is -0.0923. The molecule has 1 fully saturated rings. The minimum Gasteiger partial charge on any atom is -0.384 e. The molecule has 16 heavy (non-hydrogen) atoms. The van der Waals surface area contributed by atoms with Crippen molar-refractivity contribution >= 4 is 5.91 Å². The summed E-state index contributed by atoms with van der Waals surface area (Å²) in [6, 6.07) is 0. The summed E-state index contributed by atoms with van der Waals surface area (Å²) >= 11 is 0. The molecule has 0 aromatic carbocycles. The monoisotopic (exact) mass is 230 g/mol. The van der Waals surface area contributed by atoms with Crippen LogP contribution in [0, 0.1) is 0 Å². The number of methoxy groups -OCH3 is 1. The molecule has 0 radical (unpaired) electrons. The van der Waals surface area contributed by atoms with Crippen LogP contribution in [0.15, 0.2) is 0 Å². The second kappa shape index (κ2) is 8.50. The van der Waals surface area contributed by atoms with Crippen LogP contribution in [-0.4, -0.2) is 52.0 Å². The summed E-state index contributed by atoms with van der Waals surface area (Å²) in [5.74, 6) is 0.0239. The summed E-state index contributed by atoms with van der Waals surface area (Å²) in [7, 11) is 1.59. The van der Waals surface area contributed by atoms with Gasteiger partial charge in [-0.15, -0.1) is 0 Å². The van der Waals surface area contributed by atoms with Gasteiger partial charge in [-0.1, -0.05) is 0 Å². The van der Waals surface area contributed by atoms with Gasteiger partial charge in [0.15, 0.2) is 0 Å². The lowest BCUT2D eigenvalue weighted by Gasteiger charge is -2.22. The van der Waals surface area contributed by atoms with Crippen molar-refractivity contribution in [3.63, 3.8) is 0 Å². The smallest absolute Gasteiger partial charge is 0.222 e. The molecule has 1 heterocycles. The van der Waals surface area contributed by atoms with Crippen LogP contribution in [0.2, 0.25) is 0 Å². The maximum absolute atomic E-state index is 11.2. The molecular weight excluding hydrogens is 208 g/mol. The molecule has 94 valence electrons. The highest BCUT2D eigenvalue weighted by molar-refractivity contribution is 5.75. The maximum atomic E-state index is 11.2. The summed E-state index contributed by atoms with van der Waals surface area (Å²) in [5, 5.41) is 6.08. The Kier molecular flexibility index (Phi) is 7.12. The van der Waals surface area contributed by atoms with E-state index in [9.17, 15) is 4.79 Å². The van der Waals surface area contributed by atoms with Gasteiger partial charge in [0.2, 0.25) is 5.91 Å². The molecule has 0 saturated carbocycles. The minimum absolute atomic E-state index is 0.0239. The van der Waals surface area contributed by atoms with Crippen LogP contribution < -0.4 is 10.6 Å². The molecular formula is C11H22N2O3. The third-order valence-corrected chi connectivity index (χ3v) is 2.60. The molecule has 0 bridgehead atoms. The highest BCUT2D eigenvalue weighted by Gasteiger charge is 2.12. The summed E-state index contributed by atoms with van der Waals surface area (Å²) in [6.45, 7) is 3.73. The molecule has 2 N–H and O–H groups in total. The lowest BCUT2D eigenvalue weighted by Crippen LogP contribution is -2.34. The van der Waals surface area contributed by atoms with Crippen molar-refractivity contribution in [3.8, 4) is 0 Å². The van der Waals surface area contributed by atoms with E-state index in [0.29, 0.717) is 32.3 Å². The summed E-state index contributed by atoms with van der Waals surface area (Å²) in [4.78, 5) is 11.2. The number of nitrogens with one attached hydrogen (secondary N) is 2. The molecule has 0 aromatic heterocycles. The van der Waals surface area contributed by atoms with Crippen molar-refractivity contribution in [1.29, 1.82) is 0 Å². The van der Waals surface area contributed by atoms with E-state index in [1.165, 1.54) is 0 Å². The number of carbonyl (C=O) groups is 1. The summed E-state index contributed by atoms with van der Waals surface area (Å²) in [5.41, 5.74) is 0. The van der Waals surface area contributed by atoms with Gasteiger partial charge in [-0.25, -0.2) is 0 Å². The topological polar surface area (TPSA) is 59.6 Å². The first-order valence-corrected chi connectivity index (χ1v) is 5.91. The van der Waals surface area contributed by atoms with E-state index >= 15 is 0 Å². The molecule has 0 spiro atoms. The Morgan fingerprint density at radius 2 is 2.12 bits per heavy atom. The lowest BCUT2D eigenvalue weighted by molar-refractivity contribution is -0.122. The summed E-state index contributed by atoms with van der Waals surface area (Å²) in [6.07, 6.45) is 2.91. The molecule has 0 unspecified atom stereocenters. The SMILES string of the molecule is COCCC(=O)NCCOC1CCNCC1. The summed E-state index contributed by atoms with van der Waals surface area (Å²) < 4.78 is 10.5. The Labute approximate surface area is 96.9 Å². The van der Waals surface area contributed by atoms with E-state index < -0.39 is 0 Å². The maximum Gasteiger partial charge on any atom is 0.222 e. The quantitative estimate of drug-likeness (QED) is 0.600. The van der Waals surface area contributed by atoms with Crippen LogP contribution in [0.4, 0.5) is 0 Å². The first-order valence-electron chi connectivity index (χ1n) is 5.91. The molecule has 1 rings (SSSR count). The van der Waals surface area contributed by atoms with Gasteiger partial charge < -0.3 is 20.1 Å². The van der Waals surface area contributed by atoms with Crippen molar-refractivity contribution in [3.05, 3.63) is 0 Å². The second-order valence-electron chi connectivity index (χ2n) is 3.91. The normalized spacial score (nSPS) is 17.3. The van der Waals surface area contributed by atoms with Gasteiger partial charge in [0.05, 0.1) is 19.3 Å². The zero-order valence-corrected chi connectivity index (χ0v) is 9.96. The fourth-order valence-corrected chi connectivity index (χ4v) is 1.66. The van der Waals surface area contributed by atoms with Crippen molar-refractivity contribution < 1.29 is 14.3 Å². The fraction of sp³-hybridized carbons (Fsp3) is 0.909. The molecule has 0 atom stereocenters. The molecule has 5 nitrogen and oxygen atoms in total. The first kappa shape index (κ1) is 13.4. The minimum atomic E-state index is 0.0239. The van der Waals surface area contributed by atoms with Crippen molar-refractivity contribution in [2.24, 2.45) is 0 Å². The zero-order valence-electron chi connectivity index (χ0n) is 9.96. The number of hydrogen-bond acceptors (Lipinski definition) is 4. The largest absolute Gasteiger partial charge is 0.384 e. The van der Waals surface area contributed by atoms with Crippen molar-refractivity contribution in [2.75, 3.05) is 40.0 Å². The highest BCUT2D eigenvalue weighted by Crippen LogP contribution is 2.06. The van der Waals surface area contributed by atoms with Gasteiger partial charge in [0.25, 0.3) is 0 Å². The van der Waals surface area contributed by atoms with Crippen LogP contribution in [0.5, 0.6) is 0 Å². The Balaban J connectivity index is 1.92. The van der Waals surface area contributed by atoms with Crippen molar-refractivity contribution in [1.82, 2.24) is 10.6 Å². The van der Waals surface area contributed by atoms with Gasteiger partial charge in [0, 0.05) is 20.1 Å². The molecule has 0 aliphatic carbocycles. The Hall–Kier alpha value is -0.650. The van der Waals surface area contributed by atoms with Gasteiger partial charge >= 0.3 is 0 Å². The molecule has 1 aliphatic heterocycles. The standard InChI is InChI=1S/C11H22N2O3/c1-15-8-4-11(14)13-7-9-16-10-2-5-12-6-3-10/h10,12H,2-9H2,1H3,(H,13,14). The van der Waals surface area contributed by atoms with Crippen LogP contribution in [0.25, 0.3) is 0 Å². The van der Waals surface area contributed by atoms with Crippen LogP contribution in [-0.2, 0) is 14.3 Å². The number of ether oxygens (including phenoxy) is 2. The van der Waals surface area contributed by atoms with Gasteiger partial charge in [0.1, 0.15) is 0 Å². The van der Waals surface area contributed by atoms with Crippen LogP contribution in [0.1, 0.15) is 19.3 Å². The highest BCUT2D eigenvalue weighted by atomic mass is 16.5. The molecule has 0 aromatic rings. The van der Waals surface area contributed by atoms with E-state index in [0.717, 1.165) is 25.9 Å². The second-order valence-corrected chi connectivity index (χ2v) is 3.91. The Morgan fingerprint density at radius 1 is 1.38 bits per heavy atom. The van der Waals surface area contributed by atoms with E-state index in [1.54, 1.807) is 7.11 Å². The van der Waals surface area contributed by atoms with Crippen LogP contribution >= 0.6 is 0 Å². The zero-order chi connectivity index (χ0) is 11.6. The third-order valence-electron chi connectivity index (χ3n) is 2.60. The molecule has 5 heteroatoms. The number of rotatable bonds is 7. The molecule has 1 amide bonds. The Bertz CT molecular complexity index is 194. The molecule has 1 saturated heterocycles. The van der Waals surface area contributed by atoms with Gasteiger partial charge in [-0.3, -0.25) is 4.79 Å². The fourth-order valence-electron chi connectivity index (χ4n) is 1.66.